The molecule has 3 rings (SSSR count). The SMILES string of the molecule is CSc1cc(C(=O)Nc2nc(C3CCNCC3)nn2C)ccc1F.Cl. The Hall–Kier alpha value is -1.64. The number of hydrogen-bond donors (Lipinski definition) is 2. The highest BCUT2D eigenvalue weighted by atomic mass is 35.5. The van der Waals surface area contributed by atoms with Gasteiger partial charge in [-0.05, 0) is 50.4 Å². The molecule has 0 aliphatic carbocycles. The van der Waals surface area contributed by atoms with E-state index in [0.29, 0.717) is 22.3 Å². The van der Waals surface area contributed by atoms with E-state index in [0.717, 1.165) is 31.8 Å². The zero-order valence-electron chi connectivity index (χ0n) is 14.1. The number of amides is 1. The Morgan fingerprint density at radius 3 is 2.80 bits per heavy atom. The van der Waals surface area contributed by atoms with Gasteiger partial charge in [0.2, 0.25) is 5.95 Å². The van der Waals surface area contributed by atoms with Crippen molar-refractivity contribution in [2.24, 2.45) is 7.05 Å². The van der Waals surface area contributed by atoms with Gasteiger partial charge < -0.3 is 5.32 Å². The Labute approximate surface area is 156 Å². The number of nitrogens with zero attached hydrogens (tertiary/aromatic N) is 3. The summed E-state index contributed by atoms with van der Waals surface area (Å²) >= 11 is 1.27. The number of anilines is 1. The van der Waals surface area contributed by atoms with Crippen LogP contribution in [0.3, 0.4) is 0 Å². The van der Waals surface area contributed by atoms with Crippen LogP contribution in [0.5, 0.6) is 0 Å². The van der Waals surface area contributed by atoms with E-state index < -0.39 is 0 Å². The molecule has 25 heavy (non-hydrogen) atoms. The maximum Gasteiger partial charge on any atom is 0.258 e. The second-order valence-corrected chi connectivity index (χ2v) is 6.59. The number of aromatic nitrogens is 3. The first-order chi connectivity index (χ1) is 11.6. The zero-order valence-corrected chi connectivity index (χ0v) is 15.7. The second-order valence-electron chi connectivity index (χ2n) is 5.74. The van der Waals surface area contributed by atoms with Crippen LogP contribution in [0.15, 0.2) is 23.1 Å². The van der Waals surface area contributed by atoms with Crippen molar-refractivity contribution in [2.45, 2.75) is 23.7 Å². The summed E-state index contributed by atoms with van der Waals surface area (Å²) < 4.78 is 15.1. The molecule has 0 radical (unpaired) electrons. The van der Waals surface area contributed by atoms with Crippen molar-refractivity contribution in [1.82, 2.24) is 20.1 Å². The molecule has 1 amide bonds. The quantitative estimate of drug-likeness (QED) is 0.792. The Morgan fingerprint density at radius 2 is 2.12 bits per heavy atom. The Morgan fingerprint density at radius 1 is 1.40 bits per heavy atom. The van der Waals surface area contributed by atoms with Gasteiger partial charge in [-0.2, -0.15) is 10.1 Å². The maximum absolute atomic E-state index is 13.5. The molecule has 0 saturated carbocycles. The highest BCUT2D eigenvalue weighted by Crippen LogP contribution is 2.24. The van der Waals surface area contributed by atoms with Gasteiger partial charge in [0.1, 0.15) is 5.82 Å². The molecule has 1 saturated heterocycles. The average molecular weight is 386 g/mol. The van der Waals surface area contributed by atoms with Gasteiger partial charge in [0, 0.05) is 23.4 Å². The van der Waals surface area contributed by atoms with Crippen LogP contribution in [-0.2, 0) is 7.05 Å². The lowest BCUT2D eigenvalue weighted by atomic mass is 9.98. The minimum atomic E-state index is -0.328. The molecule has 1 aromatic carbocycles. The molecule has 2 N–H and O–H groups in total. The number of thioether (sulfide) groups is 1. The first kappa shape index (κ1) is 19.7. The topological polar surface area (TPSA) is 71.8 Å². The summed E-state index contributed by atoms with van der Waals surface area (Å²) in [6, 6.07) is 4.31. The number of carbonyl (C=O) groups excluding carboxylic acids is 1. The standard InChI is InChI=1S/C16H20FN5OS.ClH/c1-22-16(19-14(21-22)10-5-7-18-8-6-10)20-15(23)11-3-4-12(17)13(9-11)24-2;/h3-4,9-10,18H,5-8H2,1-2H3,(H,19,20,21,23);1H. The lowest BCUT2D eigenvalue weighted by Crippen LogP contribution is -2.27. The van der Waals surface area contributed by atoms with Crippen molar-refractivity contribution in [3.63, 3.8) is 0 Å². The molecular weight excluding hydrogens is 365 g/mol. The first-order valence-corrected chi connectivity index (χ1v) is 9.07. The van der Waals surface area contributed by atoms with E-state index in [2.05, 4.69) is 20.7 Å². The molecular formula is C16H21ClFN5OS. The summed E-state index contributed by atoms with van der Waals surface area (Å²) in [6.45, 7) is 1.91. The monoisotopic (exact) mass is 385 g/mol. The summed E-state index contributed by atoms with van der Waals surface area (Å²) in [5.41, 5.74) is 0.396. The average Bonchev–Trinajstić information content (AvgIpc) is 2.97. The van der Waals surface area contributed by atoms with E-state index in [9.17, 15) is 9.18 Å². The van der Waals surface area contributed by atoms with Crippen molar-refractivity contribution in [1.29, 1.82) is 0 Å². The lowest BCUT2D eigenvalue weighted by Gasteiger charge is -2.19. The predicted molar refractivity (Wildman–Crippen MR) is 99.2 cm³/mol. The number of halogens is 2. The van der Waals surface area contributed by atoms with Gasteiger partial charge in [-0.1, -0.05) is 0 Å². The van der Waals surface area contributed by atoms with Crippen molar-refractivity contribution < 1.29 is 9.18 Å². The van der Waals surface area contributed by atoms with E-state index in [1.165, 1.54) is 23.9 Å². The van der Waals surface area contributed by atoms with E-state index in [1.54, 1.807) is 24.1 Å². The molecule has 6 nitrogen and oxygen atoms in total. The molecule has 1 aliphatic heterocycles. The Bertz CT molecular complexity index is 748. The summed E-state index contributed by atoms with van der Waals surface area (Å²) in [5.74, 6) is 0.836. The number of nitrogens with one attached hydrogen (secondary N) is 2. The third kappa shape index (κ3) is 4.50. The maximum atomic E-state index is 13.5. The Kier molecular flexibility index (Phi) is 6.80. The largest absolute Gasteiger partial charge is 0.317 e. The van der Waals surface area contributed by atoms with Gasteiger partial charge in [0.25, 0.3) is 5.91 Å². The van der Waals surface area contributed by atoms with Gasteiger partial charge in [-0.15, -0.1) is 24.2 Å². The molecule has 0 spiro atoms. The summed E-state index contributed by atoms with van der Waals surface area (Å²) in [6.07, 6.45) is 3.76. The van der Waals surface area contributed by atoms with Crippen molar-refractivity contribution >= 4 is 36.0 Å². The van der Waals surface area contributed by atoms with Gasteiger partial charge in [-0.3, -0.25) is 10.1 Å². The van der Waals surface area contributed by atoms with Crippen molar-refractivity contribution in [2.75, 3.05) is 24.7 Å². The van der Waals surface area contributed by atoms with Crippen LogP contribution in [0.25, 0.3) is 0 Å². The normalized spacial score (nSPS) is 14.8. The fourth-order valence-corrected chi connectivity index (χ4v) is 3.25. The smallest absolute Gasteiger partial charge is 0.258 e. The lowest BCUT2D eigenvalue weighted by molar-refractivity contribution is 0.102. The van der Waals surface area contributed by atoms with Crippen LogP contribution in [0.2, 0.25) is 0 Å². The van der Waals surface area contributed by atoms with Gasteiger partial charge >= 0.3 is 0 Å². The fourth-order valence-electron chi connectivity index (χ4n) is 2.74. The van der Waals surface area contributed by atoms with Crippen molar-refractivity contribution in [3.8, 4) is 0 Å². The van der Waals surface area contributed by atoms with Crippen LogP contribution < -0.4 is 10.6 Å². The number of hydrogen-bond acceptors (Lipinski definition) is 5. The molecule has 1 aromatic heterocycles. The number of carbonyl (C=O) groups is 1. The van der Waals surface area contributed by atoms with Crippen LogP contribution >= 0.6 is 24.2 Å². The molecule has 0 bridgehead atoms. The van der Waals surface area contributed by atoms with Gasteiger partial charge in [0.05, 0.1) is 0 Å². The highest BCUT2D eigenvalue weighted by molar-refractivity contribution is 7.98. The van der Waals surface area contributed by atoms with E-state index in [1.807, 2.05) is 0 Å². The van der Waals surface area contributed by atoms with Crippen LogP contribution in [-0.4, -0.2) is 40.0 Å². The fraction of sp³-hybridized carbons (Fsp3) is 0.438. The number of aryl methyl sites for hydroxylation is 1. The van der Waals surface area contributed by atoms with Crippen molar-refractivity contribution in [3.05, 3.63) is 35.4 Å². The zero-order chi connectivity index (χ0) is 17.1. The third-order valence-corrected chi connectivity index (χ3v) is 4.88. The number of piperidine rings is 1. The molecule has 1 aliphatic rings. The summed E-state index contributed by atoms with van der Waals surface area (Å²) in [4.78, 5) is 17.3. The number of benzene rings is 1. The third-order valence-electron chi connectivity index (χ3n) is 4.12. The number of rotatable bonds is 4. The van der Waals surface area contributed by atoms with Gasteiger partial charge in [-0.25, -0.2) is 9.07 Å². The van der Waals surface area contributed by atoms with Crippen LogP contribution in [0.4, 0.5) is 10.3 Å². The van der Waals surface area contributed by atoms with Crippen LogP contribution in [0, 0.1) is 5.82 Å². The molecule has 1 fully saturated rings. The molecule has 0 unspecified atom stereocenters. The predicted octanol–water partition coefficient (Wildman–Crippen LogP) is 2.82. The second kappa shape index (κ2) is 8.64. The molecule has 9 heteroatoms. The van der Waals surface area contributed by atoms with E-state index >= 15 is 0 Å². The summed E-state index contributed by atoms with van der Waals surface area (Å²) in [5, 5.41) is 10.5. The minimum absolute atomic E-state index is 0. The molecule has 136 valence electrons. The van der Waals surface area contributed by atoms with E-state index in [-0.39, 0.29) is 24.1 Å². The van der Waals surface area contributed by atoms with Crippen LogP contribution in [0.1, 0.15) is 34.9 Å². The molecule has 2 heterocycles. The minimum Gasteiger partial charge on any atom is -0.317 e. The molecule has 0 atom stereocenters. The highest BCUT2D eigenvalue weighted by Gasteiger charge is 2.21. The van der Waals surface area contributed by atoms with Gasteiger partial charge in [0.15, 0.2) is 5.82 Å². The molecule has 2 aromatic rings. The Balaban J connectivity index is 0.00000225. The summed E-state index contributed by atoms with van der Waals surface area (Å²) in [7, 11) is 1.76. The van der Waals surface area contributed by atoms with E-state index in [4.69, 9.17) is 0 Å². The first-order valence-electron chi connectivity index (χ1n) is 7.85.